The molecule has 0 radical (unpaired) electrons. The van der Waals surface area contributed by atoms with Crippen LogP contribution in [0, 0.1) is 25.2 Å². The van der Waals surface area contributed by atoms with E-state index in [2.05, 4.69) is 23.0 Å². The molecule has 6 heteroatoms. The molecule has 1 saturated heterocycles. The summed E-state index contributed by atoms with van der Waals surface area (Å²) in [6, 6.07) is 2.51. The quantitative estimate of drug-likeness (QED) is 0.625. The van der Waals surface area contributed by atoms with Crippen LogP contribution in [0.15, 0.2) is 5.03 Å². The second-order valence-corrected chi connectivity index (χ2v) is 7.33. The van der Waals surface area contributed by atoms with Crippen LogP contribution < -0.4 is 0 Å². The number of nitrogens with zero attached hydrogens (tertiary/aromatic N) is 4. The first-order valence-electron chi connectivity index (χ1n) is 8.20. The van der Waals surface area contributed by atoms with Gasteiger partial charge in [-0.2, -0.15) is 5.26 Å². The monoisotopic (exact) mass is 332 g/mol. The number of likely N-dealkylation sites (tertiary alicyclic amines) is 1. The minimum Gasteiger partial charge on any atom is -0.339 e. The Balaban J connectivity index is 2.17. The first-order valence-corrected chi connectivity index (χ1v) is 9.08. The molecule has 0 N–H and O–H groups in total. The summed E-state index contributed by atoms with van der Waals surface area (Å²) < 4.78 is 0. The molecule has 23 heavy (non-hydrogen) atoms. The minimum atomic E-state index is -0.247. The molecule has 2 heterocycles. The number of hydrogen-bond donors (Lipinski definition) is 0. The van der Waals surface area contributed by atoms with Gasteiger partial charge in [-0.05, 0) is 46.5 Å². The van der Waals surface area contributed by atoms with Crippen LogP contribution in [0.4, 0.5) is 0 Å². The van der Waals surface area contributed by atoms with E-state index in [9.17, 15) is 10.1 Å². The number of thioether (sulfide) groups is 1. The van der Waals surface area contributed by atoms with Crippen molar-refractivity contribution in [3.05, 3.63) is 17.1 Å². The largest absolute Gasteiger partial charge is 0.339 e. The van der Waals surface area contributed by atoms with E-state index in [4.69, 9.17) is 0 Å². The number of carbonyl (C=O) groups is 1. The molecule has 0 spiro atoms. The van der Waals surface area contributed by atoms with Crippen molar-refractivity contribution >= 4 is 17.7 Å². The highest BCUT2D eigenvalue weighted by molar-refractivity contribution is 8.00. The Kier molecular flexibility index (Phi) is 6.00. The minimum absolute atomic E-state index is 0.152. The molecular formula is C17H24N4OS. The normalized spacial score (nSPS) is 19.3. The van der Waals surface area contributed by atoms with Gasteiger partial charge >= 0.3 is 0 Å². The zero-order valence-electron chi connectivity index (χ0n) is 14.3. The Labute approximate surface area is 142 Å². The number of piperidine rings is 1. The number of nitriles is 1. The van der Waals surface area contributed by atoms with Crippen LogP contribution in [-0.2, 0) is 4.79 Å². The summed E-state index contributed by atoms with van der Waals surface area (Å²) >= 11 is 1.37. The van der Waals surface area contributed by atoms with Crippen LogP contribution in [0.1, 0.15) is 56.6 Å². The lowest BCUT2D eigenvalue weighted by molar-refractivity contribution is -0.134. The number of rotatable bonds is 4. The van der Waals surface area contributed by atoms with E-state index in [1.165, 1.54) is 18.2 Å². The lowest BCUT2D eigenvalue weighted by Gasteiger charge is -2.36. The molecule has 2 rings (SSSR count). The highest BCUT2D eigenvalue weighted by Crippen LogP contribution is 2.29. The van der Waals surface area contributed by atoms with Crippen molar-refractivity contribution in [2.24, 2.45) is 0 Å². The Hall–Kier alpha value is -1.61. The summed E-state index contributed by atoms with van der Waals surface area (Å²) in [5.41, 5.74) is 1.15. The Bertz CT molecular complexity index is 626. The van der Waals surface area contributed by atoms with Crippen LogP contribution in [0.5, 0.6) is 0 Å². The van der Waals surface area contributed by atoms with E-state index < -0.39 is 0 Å². The van der Waals surface area contributed by atoms with Gasteiger partial charge in [-0.1, -0.05) is 18.7 Å². The summed E-state index contributed by atoms with van der Waals surface area (Å²) in [6.45, 7) is 8.50. The topological polar surface area (TPSA) is 69.9 Å². The number of amides is 1. The number of aromatic nitrogens is 2. The van der Waals surface area contributed by atoms with Gasteiger partial charge in [-0.3, -0.25) is 4.79 Å². The zero-order chi connectivity index (χ0) is 17.0. The highest BCUT2D eigenvalue weighted by atomic mass is 32.2. The van der Waals surface area contributed by atoms with Crippen molar-refractivity contribution in [3.8, 4) is 6.07 Å². The van der Waals surface area contributed by atoms with Crippen LogP contribution in [0.2, 0.25) is 0 Å². The number of hydrogen-bond acceptors (Lipinski definition) is 5. The van der Waals surface area contributed by atoms with E-state index in [-0.39, 0.29) is 11.2 Å². The van der Waals surface area contributed by atoms with Crippen molar-refractivity contribution in [2.75, 3.05) is 6.54 Å². The molecule has 124 valence electrons. The molecule has 0 saturated carbocycles. The third-order valence-electron chi connectivity index (χ3n) is 4.30. The maximum Gasteiger partial charge on any atom is 0.236 e. The van der Waals surface area contributed by atoms with Crippen molar-refractivity contribution in [1.29, 1.82) is 5.26 Å². The second-order valence-electron chi connectivity index (χ2n) is 6.00. The first kappa shape index (κ1) is 17.7. The van der Waals surface area contributed by atoms with Crippen LogP contribution >= 0.6 is 11.8 Å². The number of carbonyl (C=O) groups excluding carboxylic acids is 1. The molecule has 0 aliphatic carbocycles. The Morgan fingerprint density at radius 2 is 2.17 bits per heavy atom. The summed E-state index contributed by atoms with van der Waals surface area (Å²) in [5.74, 6) is 0.785. The van der Waals surface area contributed by atoms with E-state index in [0.29, 0.717) is 28.1 Å². The van der Waals surface area contributed by atoms with Crippen molar-refractivity contribution < 1.29 is 4.79 Å². The molecule has 0 aromatic carbocycles. The zero-order valence-corrected chi connectivity index (χ0v) is 15.1. The van der Waals surface area contributed by atoms with Crippen molar-refractivity contribution in [2.45, 2.75) is 69.7 Å². The Morgan fingerprint density at radius 3 is 2.83 bits per heavy atom. The van der Waals surface area contributed by atoms with Crippen LogP contribution in [0.25, 0.3) is 0 Å². The molecule has 1 aliphatic rings. The van der Waals surface area contributed by atoms with Crippen LogP contribution in [0.3, 0.4) is 0 Å². The van der Waals surface area contributed by atoms with E-state index in [1.807, 2.05) is 25.7 Å². The maximum atomic E-state index is 12.8. The summed E-state index contributed by atoms with van der Waals surface area (Å²) in [4.78, 5) is 23.4. The lowest BCUT2D eigenvalue weighted by Crippen LogP contribution is -2.46. The maximum absolute atomic E-state index is 12.8. The van der Waals surface area contributed by atoms with Crippen LogP contribution in [-0.4, -0.2) is 38.6 Å². The van der Waals surface area contributed by atoms with E-state index >= 15 is 0 Å². The highest BCUT2D eigenvalue weighted by Gasteiger charge is 2.29. The molecule has 5 nitrogen and oxygen atoms in total. The molecule has 1 amide bonds. The summed E-state index contributed by atoms with van der Waals surface area (Å²) in [6.07, 6.45) is 4.37. The standard InChI is InChI=1S/C17H24N4OS/c1-5-14-8-6-7-9-21(14)17(22)12(3)23-16-15(10-18)11(2)19-13(4)20-16/h12,14H,5-9H2,1-4H3. The summed E-state index contributed by atoms with van der Waals surface area (Å²) in [5, 5.41) is 9.70. The third kappa shape index (κ3) is 4.03. The van der Waals surface area contributed by atoms with Gasteiger partial charge in [0.25, 0.3) is 0 Å². The fraction of sp³-hybridized carbons (Fsp3) is 0.647. The van der Waals surface area contributed by atoms with Gasteiger partial charge in [-0.15, -0.1) is 0 Å². The van der Waals surface area contributed by atoms with Gasteiger partial charge in [0, 0.05) is 12.6 Å². The van der Waals surface area contributed by atoms with Gasteiger partial charge < -0.3 is 4.90 Å². The fourth-order valence-corrected chi connectivity index (χ4v) is 4.13. The van der Waals surface area contributed by atoms with Gasteiger partial charge in [-0.25, -0.2) is 9.97 Å². The van der Waals surface area contributed by atoms with Gasteiger partial charge in [0.1, 0.15) is 22.5 Å². The van der Waals surface area contributed by atoms with Crippen molar-refractivity contribution in [1.82, 2.24) is 14.9 Å². The predicted molar refractivity (Wildman–Crippen MR) is 91.2 cm³/mol. The Morgan fingerprint density at radius 1 is 1.43 bits per heavy atom. The molecule has 2 unspecified atom stereocenters. The van der Waals surface area contributed by atoms with E-state index in [1.54, 1.807) is 0 Å². The smallest absolute Gasteiger partial charge is 0.236 e. The average Bonchev–Trinajstić information content (AvgIpc) is 2.53. The molecule has 0 bridgehead atoms. The van der Waals surface area contributed by atoms with Crippen molar-refractivity contribution in [3.63, 3.8) is 0 Å². The first-order chi connectivity index (χ1) is 11.0. The fourth-order valence-electron chi connectivity index (χ4n) is 3.06. The molecular weight excluding hydrogens is 308 g/mol. The SMILES string of the molecule is CCC1CCCCN1C(=O)C(C)Sc1nc(C)nc(C)c1C#N. The molecule has 1 aliphatic heterocycles. The average molecular weight is 332 g/mol. The van der Waals surface area contributed by atoms with E-state index in [0.717, 1.165) is 25.8 Å². The lowest BCUT2D eigenvalue weighted by atomic mass is 10.00. The summed E-state index contributed by atoms with van der Waals surface area (Å²) in [7, 11) is 0. The second kappa shape index (κ2) is 7.78. The van der Waals surface area contributed by atoms with Gasteiger partial charge in [0.2, 0.25) is 5.91 Å². The molecule has 1 fully saturated rings. The number of aryl methyl sites for hydroxylation is 2. The molecule has 2 atom stereocenters. The predicted octanol–water partition coefficient (Wildman–Crippen LogP) is 3.24. The molecule has 1 aromatic heterocycles. The third-order valence-corrected chi connectivity index (χ3v) is 5.37. The molecule has 1 aromatic rings. The van der Waals surface area contributed by atoms with Gasteiger partial charge in [0.15, 0.2) is 0 Å². The van der Waals surface area contributed by atoms with Gasteiger partial charge in [0.05, 0.1) is 10.9 Å².